The molecule has 2 rings (SSSR count). The Morgan fingerprint density at radius 1 is 1.35 bits per heavy atom. The Morgan fingerprint density at radius 2 is 2.15 bits per heavy atom. The lowest BCUT2D eigenvalue weighted by Gasteiger charge is -2.20. The second kappa shape index (κ2) is 6.91. The Morgan fingerprint density at radius 3 is 2.80 bits per heavy atom. The van der Waals surface area contributed by atoms with Gasteiger partial charge in [-0.15, -0.1) is 0 Å². The van der Waals surface area contributed by atoms with Crippen LogP contribution < -0.4 is 5.32 Å². The zero-order valence-electron chi connectivity index (χ0n) is 12.3. The Kier molecular flexibility index (Phi) is 5.21. The van der Waals surface area contributed by atoms with Gasteiger partial charge in [0, 0.05) is 37.4 Å². The van der Waals surface area contributed by atoms with Crippen molar-refractivity contribution in [1.29, 1.82) is 0 Å². The van der Waals surface area contributed by atoms with Crippen LogP contribution in [0.4, 0.5) is 0 Å². The van der Waals surface area contributed by atoms with Crippen molar-refractivity contribution >= 4 is 11.6 Å². The van der Waals surface area contributed by atoms with Crippen LogP contribution in [0.5, 0.6) is 0 Å². The minimum atomic E-state index is 0.397. The molecule has 0 aliphatic carbocycles. The second-order valence-corrected chi connectivity index (χ2v) is 5.77. The third-order valence-corrected chi connectivity index (χ3v) is 3.77. The summed E-state index contributed by atoms with van der Waals surface area (Å²) in [6.45, 7) is 8.38. The lowest BCUT2D eigenvalue weighted by atomic mass is 9.98. The molecule has 0 spiro atoms. The maximum atomic E-state index is 6.16. The Balaban J connectivity index is 2.14. The molecule has 0 aliphatic heterocycles. The predicted octanol–water partition coefficient (Wildman–Crippen LogP) is 3.89. The first-order chi connectivity index (χ1) is 9.61. The van der Waals surface area contributed by atoms with E-state index in [0.29, 0.717) is 12.0 Å². The fourth-order valence-corrected chi connectivity index (χ4v) is 2.61. The van der Waals surface area contributed by atoms with Gasteiger partial charge >= 0.3 is 0 Å². The van der Waals surface area contributed by atoms with Crippen LogP contribution in [0, 0.1) is 5.92 Å². The van der Waals surface area contributed by atoms with E-state index in [0.717, 1.165) is 23.7 Å². The molecule has 20 heavy (non-hydrogen) atoms. The Bertz CT molecular complexity index is 548. The molecule has 0 bridgehead atoms. The van der Waals surface area contributed by atoms with Crippen molar-refractivity contribution < 1.29 is 0 Å². The molecule has 4 heteroatoms. The summed E-state index contributed by atoms with van der Waals surface area (Å²) in [4.78, 5) is 4.02. The summed E-state index contributed by atoms with van der Waals surface area (Å²) in [7, 11) is 0. The van der Waals surface area contributed by atoms with Crippen molar-refractivity contribution in [1.82, 2.24) is 14.9 Å². The third kappa shape index (κ3) is 3.62. The van der Waals surface area contributed by atoms with E-state index in [1.165, 1.54) is 5.56 Å². The summed E-state index contributed by atoms with van der Waals surface area (Å²) in [5, 5.41) is 4.25. The van der Waals surface area contributed by atoms with Gasteiger partial charge in [-0.05, 0) is 35.7 Å². The number of hydrogen-bond donors (Lipinski definition) is 1. The molecular formula is C16H22ClN3. The monoisotopic (exact) mass is 291 g/mol. The molecule has 108 valence electrons. The van der Waals surface area contributed by atoms with Crippen LogP contribution in [0.1, 0.15) is 37.9 Å². The molecule has 0 aliphatic rings. The molecule has 0 fully saturated rings. The maximum absolute atomic E-state index is 6.16. The summed E-state index contributed by atoms with van der Waals surface area (Å²) in [6, 6.07) is 4.54. The van der Waals surface area contributed by atoms with E-state index in [9.17, 15) is 0 Å². The molecule has 2 heterocycles. The fourth-order valence-electron chi connectivity index (χ4n) is 2.43. The molecule has 1 N–H and O–H groups in total. The van der Waals surface area contributed by atoms with Gasteiger partial charge in [0.15, 0.2) is 0 Å². The average molecular weight is 292 g/mol. The molecule has 0 aromatic carbocycles. The molecule has 2 aromatic rings. The molecule has 0 saturated heterocycles. The van der Waals surface area contributed by atoms with Gasteiger partial charge in [0.1, 0.15) is 0 Å². The summed E-state index contributed by atoms with van der Waals surface area (Å²) >= 11 is 6.16. The number of nitrogens with zero attached hydrogens (tertiary/aromatic N) is 2. The van der Waals surface area contributed by atoms with Crippen molar-refractivity contribution in [3.8, 4) is 0 Å². The number of hydrogen-bond acceptors (Lipinski definition) is 2. The van der Waals surface area contributed by atoms with Gasteiger partial charge in [-0.2, -0.15) is 0 Å². The topological polar surface area (TPSA) is 29.9 Å². The van der Waals surface area contributed by atoms with E-state index in [4.69, 9.17) is 11.6 Å². The van der Waals surface area contributed by atoms with Crippen molar-refractivity contribution in [3.63, 3.8) is 0 Å². The van der Waals surface area contributed by atoms with Gasteiger partial charge in [0.05, 0.1) is 5.02 Å². The number of pyridine rings is 1. The molecular weight excluding hydrogens is 270 g/mol. The average Bonchev–Trinajstić information content (AvgIpc) is 2.86. The highest BCUT2D eigenvalue weighted by Gasteiger charge is 2.15. The van der Waals surface area contributed by atoms with Crippen molar-refractivity contribution in [3.05, 3.63) is 53.1 Å². The zero-order valence-corrected chi connectivity index (χ0v) is 13.1. The quantitative estimate of drug-likeness (QED) is 0.875. The van der Waals surface area contributed by atoms with Gasteiger partial charge in [0.25, 0.3) is 0 Å². The number of aromatic nitrogens is 2. The highest BCUT2D eigenvalue weighted by molar-refractivity contribution is 6.31. The molecule has 0 saturated carbocycles. The van der Waals surface area contributed by atoms with Crippen LogP contribution in [0.3, 0.4) is 0 Å². The zero-order chi connectivity index (χ0) is 14.5. The van der Waals surface area contributed by atoms with Gasteiger partial charge in [-0.3, -0.25) is 4.98 Å². The Hall–Kier alpha value is -1.32. The van der Waals surface area contributed by atoms with Crippen LogP contribution >= 0.6 is 11.6 Å². The molecule has 1 unspecified atom stereocenters. The maximum Gasteiger partial charge on any atom is 0.0639 e. The van der Waals surface area contributed by atoms with Crippen molar-refractivity contribution in [2.24, 2.45) is 5.92 Å². The van der Waals surface area contributed by atoms with Crippen LogP contribution in [-0.2, 0) is 6.54 Å². The summed E-state index contributed by atoms with van der Waals surface area (Å²) in [5.74, 6) is 0.565. The minimum absolute atomic E-state index is 0.397. The van der Waals surface area contributed by atoms with E-state index in [2.05, 4.69) is 54.1 Å². The molecule has 3 nitrogen and oxygen atoms in total. The molecule has 2 aromatic heterocycles. The second-order valence-electron chi connectivity index (χ2n) is 5.36. The number of halogens is 1. The predicted molar refractivity (Wildman–Crippen MR) is 84.0 cm³/mol. The van der Waals surface area contributed by atoms with Gasteiger partial charge in [-0.25, -0.2) is 0 Å². The molecule has 0 radical (unpaired) electrons. The molecule has 0 amide bonds. The first kappa shape index (κ1) is 15.1. The smallest absolute Gasteiger partial charge is 0.0639 e. The number of rotatable bonds is 6. The van der Waals surface area contributed by atoms with Crippen LogP contribution in [0.2, 0.25) is 5.02 Å². The highest BCUT2D eigenvalue weighted by atomic mass is 35.5. The standard InChI is InChI=1S/C16H22ClN3/c1-4-19-16(12(2)3)14-6-8-20(11-14)10-13-5-7-18-9-15(13)17/h5-9,11-12,16,19H,4,10H2,1-3H3. The van der Waals surface area contributed by atoms with Crippen molar-refractivity contribution in [2.75, 3.05) is 6.54 Å². The summed E-state index contributed by atoms with van der Waals surface area (Å²) < 4.78 is 2.17. The van der Waals surface area contributed by atoms with E-state index >= 15 is 0 Å². The normalized spacial score (nSPS) is 12.8. The van der Waals surface area contributed by atoms with Crippen LogP contribution in [-0.4, -0.2) is 16.1 Å². The van der Waals surface area contributed by atoms with Gasteiger partial charge in [-0.1, -0.05) is 32.4 Å². The fraction of sp³-hybridized carbons (Fsp3) is 0.438. The van der Waals surface area contributed by atoms with E-state index in [1.807, 2.05) is 6.07 Å². The van der Waals surface area contributed by atoms with Gasteiger partial charge in [0.2, 0.25) is 0 Å². The Labute approximate surface area is 126 Å². The largest absolute Gasteiger partial charge is 0.350 e. The lowest BCUT2D eigenvalue weighted by molar-refractivity contribution is 0.421. The van der Waals surface area contributed by atoms with Crippen LogP contribution in [0.25, 0.3) is 0 Å². The van der Waals surface area contributed by atoms with Crippen molar-refractivity contribution in [2.45, 2.75) is 33.4 Å². The molecule has 1 atom stereocenters. The minimum Gasteiger partial charge on any atom is -0.350 e. The summed E-state index contributed by atoms with van der Waals surface area (Å²) in [5.41, 5.74) is 2.42. The van der Waals surface area contributed by atoms with E-state index < -0.39 is 0 Å². The summed E-state index contributed by atoms with van der Waals surface area (Å²) in [6.07, 6.45) is 7.78. The SMILES string of the molecule is CCNC(c1ccn(Cc2ccncc2Cl)c1)C(C)C. The van der Waals surface area contributed by atoms with E-state index in [-0.39, 0.29) is 0 Å². The third-order valence-electron chi connectivity index (χ3n) is 3.43. The first-order valence-corrected chi connectivity index (χ1v) is 7.47. The lowest BCUT2D eigenvalue weighted by Crippen LogP contribution is -2.25. The number of nitrogens with one attached hydrogen (secondary N) is 1. The van der Waals surface area contributed by atoms with Crippen LogP contribution in [0.15, 0.2) is 36.9 Å². The highest BCUT2D eigenvalue weighted by Crippen LogP contribution is 2.23. The van der Waals surface area contributed by atoms with Gasteiger partial charge < -0.3 is 9.88 Å². The van der Waals surface area contributed by atoms with E-state index in [1.54, 1.807) is 12.4 Å². The first-order valence-electron chi connectivity index (χ1n) is 7.09.